The Bertz CT molecular complexity index is 332. The van der Waals surface area contributed by atoms with Gasteiger partial charge < -0.3 is 9.94 Å². The van der Waals surface area contributed by atoms with Crippen LogP contribution in [0.15, 0.2) is 10.9 Å². The summed E-state index contributed by atoms with van der Waals surface area (Å²) in [5.41, 5.74) is 0.286. The van der Waals surface area contributed by atoms with E-state index in [-0.39, 0.29) is 6.61 Å². The lowest BCUT2D eigenvalue weighted by molar-refractivity contribution is 0.155. The number of hydrogen-bond acceptors (Lipinski definition) is 4. The van der Waals surface area contributed by atoms with E-state index in [1.54, 1.807) is 13.0 Å². The molecule has 0 radical (unpaired) electrons. The molecule has 0 spiro atoms. The van der Waals surface area contributed by atoms with Gasteiger partial charge in [0.15, 0.2) is 0 Å². The quantitative estimate of drug-likeness (QED) is 0.631. The first-order chi connectivity index (χ1) is 5.65. The van der Waals surface area contributed by atoms with Crippen molar-refractivity contribution in [2.45, 2.75) is 13.5 Å². The Hall–Kier alpha value is -1.36. The van der Waals surface area contributed by atoms with Gasteiger partial charge in [0.05, 0.1) is 18.0 Å². The highest BCUT2D eigenvalue weighted by atomic mass is 16.5. The number of hydrogen-bond donors (Lipinski definition) is 1. The highest BCUT2D eigenvalue weighted by Crippen LogP contribution is 1.96. The molecule has 1 rings (SSSR count). The molecule has 0 aliphatic carbocycles. The lowest BCUT2D eigenvalue weighted by Crippen LogP contribution is -2.24. The fourth-order valence-corrected chi connectivity index (χ4v) is 0.877. The summed E-state index contributed by atoms with van der Waals surface area (Å²) in [6.07, 6.45) is 0. The maximum atomic E-state index is 10.9. The summed E-state index contributed by atoms with van der Waals surface area (Å²) in [5, 5.41) is 9.00. The van der Waals surface area contributed by atoms with Crippen LogP contribution < -0.4 is 5.69 Å². The first kappa shape index (κ1) is 8.73. The van der Waals surface area contributed by atoms with Gasteiger partial charge >= 0.3 is 5.69 Å². The molecule has 1 heterocycles. The average Bonchev–Trinajstić information content (AvgIpc) is 2.01. The predicted octanol–water partition coefficient (Wildman–Crippen LogP) is -0.0646. The molecule has 1 aromatic heterocycles. The standard InChI is InChI=1S/C7H10N2O3/c1-5-3-6(4-12-2)8-7(10)9(5)11/h3,11H,4H2,1-2H3. The van der Waals surface area contributed by atoms with Gasteiger partial charge in [-0.2, -0.15) is 4.98 Å². The van der Waals surface area contributed by atoms with E-state index in [2.05, 4.69) is 4.98 Å². The summed E-state index contributed by atoms with van der Waals surface area (Å²) >= 11 is 0. The fourth-order valence-electron chi connectivity index (χ4n) is 0.877. The van der Waals surface area contributed by atoms with Crippen LogP contribution in [-0.4, -0.2) is 22.0 Å². The minimum atomic E-state index is -0.679. The molecule has 0 bridgehead atoms. The molecule has 0 atom stereocenters. The Morgan fingerprint density at radius 1 is 1.75 bits per heavy atom. The van der Waals surface area contributed by atoms with Crippen molar-refractivity contribution in [1.29, 1.82) is 0 Å². The molecule has 12 heavy (non-hydrogen) atoms. The third kappa shape index (κ3) is 1.62. The van der Waals surface area contributed by atoms with Gasteiger partial charge in [-0.15, -0.1) is 4.73 Å². The van der Waals surface area contributed by atoms with Crippen LogP contribution in [0.5, 0.6) is 0 Å². The van der Waals surface area contributed by atoms with Gasteiger partial charge in [-0.3, -0.25) is 0 Å². The topological polar surface area (TPSA) is 64.3 Å². The van der Waals surface area contributed by atoms with Crippen molar-refractivity contribution in [3.63, 3.8) is 0 Å². The summed E-state index contributed by atoms with van der Waals surface area (Å²) in [7, 11) is 1.52. The molecule has 0 amide bonds. The Morgan fingerprint density at radius 3 is 2.92 bits per heavy atom. The first-order valence-corrected chi connectivity index (χ1v) is 3.43. The minimum Gasteiger partial charge on any atom is -0.424 e. The minimum absolute atomic E-state index is 0.275. The van der Waals surface area contributed by atoms with E-state index in [0.29, 0.717) is 16.1 Å². The summed E-state index contributed by atoms with van der Waals surface area (Å²) in [5.74, 6) is 0. The van der Waals surface area contributed by atoms with Crippen molar-refractivity contribution in [2.75, 3.05) is 7.11 Å². The monoisotopic (exact) mass is 170 g/mol. The molecule has 0 fully saturated rings. The van der Waals surface area contributed by atoms with Crippen LogP contribution in [0.25, 0.3) is 0 Å². The van der Waals surface area contributed by atoms with Crippen molar-refractivity contribution in [3.8, 4) is 0 Å². The van der Waals surface area contributed by atoms with Gasteiger partial charge in [0.25, 0.3) is 0 Å². The highest BCUT2D eigenvalue weighted by molar-refractivity contribution is 5.06. The normalized spacial score (nSPS) is 10.2. The second-order valence-corrected chi connectivity index (χ2v) is 2.42. The van der Waals surface area contributed by atoms with Crippen molar-refractivity contribution < 1.29 is 9.94 Å². The summed E-state index contributed by atoms with van der Waals surface area (Å²) in [4.78, 5) is 14.4. The van der Waals surface area contributed by atoms with Crippen LogP contribution in [0.3, 0.4) is 0 Å². The Morgan fingerprint density at radius 2 is 2.42 bits per heavy atom. The maximum absolute atomic E-state index is 10.9. The molecule has 1 aromatic rings. The molecular weight excluding hydrogens is 160 g/mol. The van der Waals surface area contributed by atoms with E-state index in [1.165, 1.54) is 7.11 Å². The van der Waals surface area contributed by atoms with E-state index in [9.17, 15) is 4.79 Å². The molecule has 0 saturated heterocycles. The predicted molar refractivity (Wildman–Crippen MR) is 41.1 cm³/mol. The third-order valence-corrected chi connectivity index (χ3v) is 1.42. The Labute approximate surface area is 69.2 Å². The average molecular weight is 170 g/mol. The second-order valence-electron chi connectivity index (χ2n) is 2.42. The van der Waals surface area contributed by atoms with Crippen LogP contribution >= 0.6 is 0 Å². The third-order valence-electron chi connectivity index (χ3n) is 1.42. The van der Waals surface area contributed by atoms with Crippen molar-refractivity contribution in [3.05, 3.63) is 27.9 Å². The van der Waals surface area contributed by atoms with Crippen LogP contribution in [0.2, 0.25) is 0 Å². The number of rotatable bonds is 2. The maximum Gasteiger partial charge on any atom is 0.380 e. The Kier molecular flexibility index (Phi) is 2.44. The lowest BCUT2D eigenvalue weighted by Gasteiger charge is -2.02. The zero-order valence-electron chi connectivity index (χ0n) is 6.94. The molecule has 0 unspecified atom stereocenters. The molecule has 5 heteroatoms. The molecule has 0 aliphatic heterocycles. The van der Waals surface area contributed by atoms with Gasteiger partial charge in [-0.05, 0) is 13.0 Å². The van der Waals surface area contributed by atoms with Gasteiger partial charge in [-0.1, -0.05) is 0 Å². The van der Waals surface area contributed by atoms with Crippen LogP contribution in [-0.2, 0) is 11.3 Å². The molecule has 0 aliphatic rings. The second kappa shape index (κ2) is 3.36. The number of ether oxygens (including phenoxy) is 1. The van der Waals surface area contributed by atoms with E-state index in [1.807, 2.05) is 0 Å². The van der Waals surface area contributed by atoms with Crippen molar-refractivity contribution >= 4 is 0 Å². The van der Waals surface area contributed by atoms with Crippen molar-refractivity contribution in [1.82, 2.24) is 9.71 Å². The van der Waals surface area contributed by atoms with E-state index in [4.69, 9.17) is 9.94 Å². The SMILES string of the molecule is COCc1cc(C)n(O)c(=O)n1. The smallest absolute Gasteiger partial charge is 0.380 e. The zero-order chi connectivity index (χ0) is 9.14. The van der Waals surface area contributed by atoms with E-state index in [0.717, 1.165) is 0 Å². The van der Waals surface area contributed by atoms with E-state index < -0.39 is 5.69 Å². The fraction of sp³-hybridized carbons (Fsp3) is 0.429. The summed E-state index contributed by atoms with van der Waals surface area (Å²) in [6.45, 7) is 1.89. The first-order valence-electron chi connectivity index (χ1n) is 3.43. The number of methoxy groups -OCH3 is 1. The molecule has 1 N–H and O–H groups in total. The molecule has 0 saturated carbocycles. The van der Waals surface area contributed by atoms with Gasteiger partial charge in [-0.25, -0.2) is 4.79 Å². The van der Waals surface area contributed by atoms with Crippen LogP contribution in [0.1, 0.15) is 11.4 Å². The highest BCUT2D eigenvalue weighted by Gasteiger charge is 2.02. The summed E-state index contributed by atoms with van der Waals surface area (Å²) < 4.78 is 5.28. The van der Waals surface area contributed by atoms with E-state index >= 15 is 0 Å². The Balaban J connectivity index is 3.13. The molecule has 66 valence electrons. The lowest BCUT2D eigenvalue weighted by atomic mass is 10.3. The zero-order valence-corrected chi connectivity index (χ0v) is 6.94. The van der Waals surface area contributed by atoms with Crippen LogP contribution in [0.4, 0.5) is 0 Å². The number of aryl methyl sites for hydroxylation is 1. The number of nitrogens with zero attached hydrogens (tertiary/aromatic N) is 2. The molecule has 5 nitrogen and oxygen atoms in total. The van der Waals surface area contributed by atoms with Gasteiger partial charge in [0.1, 0.15) is 0 Å². The molecule has 0 aromatic carbocycles. The summed E-state index contributed by atoms with van der Waals surface area (Å²) in [6, 6.07) is 1.59. The van der Waals surface area contributed by atoms with Gasteiger partial charge in [0, 0.05) is 7.11 Å². The number of aromatic nitrogens is 2. The molecular formula is C7H10N2O3. The van der Waals surface area contributed by atoms with Gasteiger partial charge in [0.2, 0.25) is 0 Å². The van der Waals surface area contributed by atoms with Crippen LogP contribution in [0, 0.1) is 6.92 Å². The van der Waals surface area contributed by atoms with Crippen molar-refractivity contribution in [2.24, 2.45) is 0 Å². The largest absolute Gasteiger partial charge is 0.424 e.